The zero-order chi connectivity index (χ0) is 22.1. The van der Waals surface area contributed by atoms with Crippen LogP contribution < -0.4 is 5.56 Å². The van der Waals surface area contributed by atoms with Gasteiger partial charge in [0.15, 0.2) is 0 Å². The maximum atomic E-state index is 13.2. The molecule has 0 aliphatic carbocycles. The Bertz CT molecular complexity index is 1250. The van der Waals surface area contributed by atoms with E-state index < -0.39 is 21.0 Å². The summed E-state index contributed by atoms with van der Waals surface area (Å²) in [6, 6.07) is 11.0. The molecule has 0 N–H and O–H groups in total. The van der Waals surface area contributed by atoms with Crippen molar-refractivity contribution >= 4 is 26.6 Å². The summed E-state index contributed by atoms with van der Waals surface area (Å²) in [4.78, 5) is 27.7. The Labute approximate surface area is 173 Å². The van der Waals surface area contributed by atoms with Gasteiger partial charge >= 0.3 is 0 Å². The first-order chi connectivity index (χ1) is 14.2. The SMILES string of the molecule is CCC(c1nc2ccccc2c(=O)n1CC)N(C)S(=O)(=O)c1ccc([N+](=O)[O-])cc1. The number of aromatic nitrogens is 2. The van der Waals surface area contributed by atoms with E-state index in [-0.39, 0.29) is 16.1 Å². The average molecular weight is 430 g/mol. The minimum absolute atomic E-state index is 0.0692. The Kier molecular flexibility index (Phi) is 5.99. The minimum atomic E-state index is -3.98. The Morgan fingerprint density at radius 3 is 2.33 bits per heavy atom. The van der Waals surface area contributed by atoms with Gasteiger partial charge in [-0.2, -0.15) is 4.31 Å². The summed E-state index contributed by atoms with van der Waals surface area (Å²) in [6.07, 6.45) is 0.382. The third kappa shape index (κ3) is 3.71. The van der Waals surface area contributed by atoms with Gasteiger partial charge in [0.25, 0.3) is 11.2 Å². The van der Waals surface area contributed by atoms with Crippen LogP contribution in [0.5, 0.6) is 0 Å². The van der Waals surface area contributed by atoms with E-state index in [1.807, 2.05) is 6.92 Å². The second-order valence-corrected chi connectivity index (χ2v) is 8.73. The molecule has 1 atom stereocenters. The highest BCUT2D eigenvalue weighted by Gasteiger charge is 2.31. The number of hydrogen-bond acceptors (Lipinski definition) is 6. The van der Waals surface area contributed by atoms with Crippen LogP contribution in [-0.2, 0) is 16.6 Å². The van der Waals surface area contributed by atoms with Crippen LogP contribution in [0, 0.1) is 10.1 Å². The van der Waals surface area contributed by atoms with Crippen LogP contribution in [0.3, 0.4) is 0 Å². The number of nitro groups is 1. The summed E-state index contributed by atoms with van der Waals surface area (Å²) in [5.41, 5.74) is 0.0825. The molecule has 0 radical (unpaired) electrons. The molecule has 0 saturated carbocycles. The van der Waals surface area contributed by atoms with E-state index in [1.165, 1.54) is 23.7 Å². The molecule has 158 valence electrons. The largest absolute Gasteiger partial charge is 0.295 e. The smallest absolute Gasteiger partial charge is 0.269 e. The van der Waals surface area contributed by atoms with Gasteiger partial charge in [0.05, 0.1) is 26.8 Å². The van der Waals surface area contributed by atoms with Gasteiger partial charge in [-0.3, -0.25) is 19.5 Å². The third-order valence-corrected chi connectivity index (χ3v) is 6.94. The highest BCUT2D eigenvalue weighted by atomic mass is 32.2. The van der Waals surface area contributed by atoms with E-state index in [0.29, 0.717) is 29.7 Å². The van der Waals surface area contributed by atoms with E-state index in [4.69, 9.17) is 0 Å². The fraction of sp³-hybridized carbons (Fsp3) is 0.300. The normalized spacial score (nSPS) is 12.9. The van der Waals surface area contributed by atoms with E-state index in [9.17, 15) is 23.3 Å². The molecule has 1 aromatic heterocycles. The monoisotopic (exact) mass is 430 g/mol. The van der Waals surface area contributed by atoms with Gasteiger partial charge in [0, 0.05) is 25.7 Å². The molecular weight excluding hydrogens is 408 g/mol. The summed E-state index contributed by atoms with van der Waals surface area (Å²) in [7, 11) is -2.55. The molecule has 30 heavy (non-hydrogen) atoms. The highest BCUT2D eigenvalue weighted by Crippen LogP contribution is 2.29. The Morgan fingerprint density at radius 1 is 1.13 bits per heavy atom. The second kappa shape index (κ2) is 8.33. The quantitative estimate of drug-likeness (QED) is 0.420. The molecule has 3 aromatic rings. The first-order valence-electron chi connectivity index (χ1n) is 9.44. The summed E-state index contributed by atoms with van der Waals surface area (Å²) in [5.74, 6) is 0.358. The van der Waals surface area contributed by atoms with Gasteiger partial charge in [-0.1, -0.05) is 19.1 Å². The first kappa shape index (κ1) is 21.6. The number of nitrogens with zero attached hydrogens (tertiary/aromatic N) is 4. The summed E-state index contributed by atoms with van der Waals surface area (Å²) in [6.45, 7) is 3.96. The lowest BCUT2D eigenvalue weighted by Gasteiger charge is -2.28. The van der Waals surface area contributed by atoms with Gasteiger partial charge < -0.3 is 0 Å². The number of benzene rings is 2. The maximum Gasteiger partial charge on any atom is 0.269 e. The van der Waals surface area contributed by atoms with Crippen molar-refractivity contribution in [3.05, 3.63) is 74.8 Å². The number of para-hydroxylation sites is 1. The van der Waals surface area contributed by atoms with E-state index >= 15 is 0 Å². The molecule has 2 aromatic carbocycles. The fourth-order valence-electron chi connectivity index (χ4n) is 3.42. The maximum absolute atomic E-state index is 13.2. The Hall–Kier alpha value is -3.11. The van der Waals surface area contributed by atoms with Gasteiger partial charge in [-0.15, -0.1) is 0 Å². The topological polar surface area (TPSA) is 115 Å². The molecule has 1 unspecified atom stereocenters. The van der Waals surface area contributed by atoms with Crippen molar-refractivity contribution in [3.8, 4) is 0 Å². The van der Waals surface area contributed by atoms with Crippen molar-refractivity contribution in [2.75, 3.05) is 7.05 Å². The molecule has 0 aliphatic heterocycles. The second-order valence-electron chi connectivity index (χ2n) is 6.73. The number of non-ortho nitro benzene ring substituents is 1. The highest BCUT2D eigenvalue weighted by molar-refractivity contribution is 7.89. The minimum Gasteiger partial charge on any atom is -0.295 e. The first-order valence-corrected chi connectivity index (χ1v) is 10.9. The molecule has 0 fully saturated rings. The zero-order valence-electron chi connectivity index (χ0n) is 16.8. The van der Waals surface area contributed by atoms with E-state index in [0.717, 1.165) is 16.4 Å². The molecular formula is C20H22N4O5S. The summed E-state index contributed by atoms with van der Waals surface area (Å²) >= 11 is 0. The third-order valence-electron chi connectivity index (χ3n) is 5.06. The van der Waals surface area contributed by atoms with Gasteiger partial charge in [-0.05, 0) is 37.6 Å². The van der Waals surface area contributed by atoms with Crippen LogP contribution in [0.2, 0.25) is 0 Å². The van der Waals surface area contributed by atoms with Gasteiger partial charge in [-0.25, -0.2) is 13.4 Å². The van der Waals surface area contributed by atoms with Crippen LogP contribution in [0.25, 0.3) is 10.9 Å². The molecule has 0 amide bonds. The molecule has 1 heterocycles. The average Bonchev–Trinajstić information content (AvgIpc) is 2.74. The molecule has 0 bridgehead atoms. The number of rotatable bonds is 7. The summed E-state index contributed by atoms with van der Waals surface area (Å²) < 4.78 is 29.0. The lowest BCUT2D eigenvalue weighted by Crippen LogP contribution is -2.36. The van der Waals surface area contributed by atoms with Crippen LogP contribution in [-0.4, -0.2) is 34.2 Å². The Morgan fingerprint density at radius 2 is 1.77 bits per heavy atom. The van der Waals surface area contributed by atoms with Crippen molar-refractivity contribution in [3.63, 3.8) is 0 Å². The van der Waals surface area contributed by atoms with Crippen LogP contribution in [0.15, 0.2) is 58.2 Å². The van der Waals surface area contributed by atoms with Crippen LogP contribution >= 0.6 is 0 Å². The zero-order valence-corrected chi connectivity index (χ0v) is 17.7. The lowest BCUT2D eigenvalue weighted by molar-refractivity contribution is -0.384. The van der Waals surface area contributed by atoms with Crippen molar-refractivity contribution in [2.24, 2.45) is 0 Å². The number of sulfonamides is 1. The number of nitro benzene ring substituents is 1. The van der Waals surface area contributed by atoms with Gasteiger partial charge in [0.1, 0.15) is 5.82 Å². The van der Waals surface area contributed by atoms with Crippen molar-refractivity contribution in [2.45, 2.75) is 37.8 Å². The predicted octanol–water partition coefficient (Wildman–Crippen LogP) is 3.10. The fourth-order valence-corrected chi connectivity index (χ4v) is 4.81. The van der Waals surface area contributed by atoms with Crippen molar-refractivity contribution < 1.29 is 13.3 Å². The molecule has 0 saturated heterocycles. The standard InChI is InChI=1S/C20H22N4O5S/c1-4-18(19-21-17-9-7-6-8-16(17)20(25)23(19)5-2)22(3)30(28,29)15-12-10-14(11-13-15)24(26)27/h6-13,18H,4-5H2,1-3H3. The van der Waals surface area contributed by atoms with E-state index in [2.05, 4.69) is 4.98 Å². The lowest BCUT2D eigenvalue weighted by atomic mass is 10.1. The molecule has 0 aliphatic rings. The number of hydrogen-bond donors (Lipinski definition) is 0. The predicted molar refractivity (Wildman–Crippen MR) is 113 cm³/mol. The number of fused-ring (bicyclic) bond motifs is 1. The summed E-state index contributed by atoms with van der Waals surface area (Å²) in [5, 5.41) is 11.3. The molecule has 3 rings (SSSR count). The van der Waals surface area contributed by atoms with E-state index in [1.54, 1.807) is 31.2 Å². The molecule has 10 heteroatoms. The van der Waals surface area contributed by atoms with Crippen molar-refractivity contribution in [1.82, 2.24) is 13.9 Å². The van der Waals surface area contributed by atoms with Crippen molar-refractivity contribution in [1.29, 1.82) is 0 Å². The molecule has 0 spiro atoms. The van der Waals surface area contributed by atoms with Gasteiger partial charge in [0.2, 0.25) is 10.0 Å². The molecule has 9 nitrogen and oxygen atoms in total. The van der Waals surface area contributed by atoms with Crippen LogP contribution in [0.1, 0.15) is 32.1 Å². The van der Waals surface area contributed by atoms with Crippen LogP contribution in [0.4, 0.5) is 5.69 Å². The Balaban J connectivity index is 2.11.